The molecule has 2 aromatic rings. The Balaban J connectivity index is 1.52. The molecule has 1 atom stereocenters. The lowest BCUT2D eigenvalue weighted by molar-refractivity contribution is 0.0492. The number of piperidine rings is 1. The summed E-state index contributed by atoms with van der Waals surface area (Å²) >= 11 is 0. The predicted molar refractivity (Wildman–Crippen MR) is 94.7 cm³/mol. The molecule has 1 aliphatic rings. The smallest absolute Gasteiger partial charge is 0.137 e. The molecule has 2 aromatic heterocycles. The summed E-state index contributed by atoms with van der Waals surface area (Å²) in [5.74, 6) is 2.05. The monoisotopic (exact) mass is 329 g/mol. The Kier molecular flexibility index (Phi) is 5.16. The van der Waals surface area contributed by atoms with Gasteiger partial charge in [0.05, 0.1) is 0 Å². The number of aliphatic hydroxyl groups excluding tert-OH is 1. The van der Waals surface area contributed by atoms with Crippen LogP contribution in [0.3, 0.4) is 0 Å². The SMILES string of the molecule is CN(C)c1ccc(CN2CCC(C(O)c3nccn3C)CC2)cn1. The second-order valence-corrected chi connectivity index (χ2v) is 6.87. The molecule has 1 aliphatic heterocycles. The van der Waals surface area contributed by atoms with E-state index in [4.69, 9.17) is 0 Å². The minimum absolute atomic E-state index is 0.289. The third-order valence-electron chi connectivity index (χ3n) is 4.88. The van der Waals surface area contributed by atoms with Crippen molar-refractivity contribution in [2.24, 2.45) is 13.0 Å². The molecule has 1 unspecified atom stereocenters. The Morgan fingerprint density at radius 1 is 1.25 bits per heavy atom. The third kappa shape index (κ3) is 3.76. The molecule has 1 N–H and O–H groups in total. The summed E-state index contributed by atoms with van der Waals surface area (Å²) < 4.78 is 1.91. The van der Waals surface area contributed by atoms with E-state index in [1.807, 2.05) is 43.0 Å². The van der Waals surface area contributed by atoms with Crippen LogP contribution in [0.1, 0.15) is 30.3 Å². The zero-order valence-corrected chi connectivity index (χ0v) is 14.8. The first-order chi connectivity index (χ1) is 11.5. The van der Waals surface area contributed by atoms with Crippen molar-refractivity contribution in [2.45, 2.75) is 25.5 Å². The molecule has 6 nitrogen and oxygen atoms in total. The molecule has 130 valence electrons. The van der Waals surface area contributed by atoms with Crippen LogP contribution in [0, 0.1) is 5.92 Å². The minimum atomic E-state index is -0.465. The van der Waals surface area contributed by atoms with Gasteiger partial charge in [0.15, 0.2) is 0 Å². The summed E-state index contributed by atoms with van der Waals surface area (Å²) in [6.07, 6.45) is 7.13. The van der Waals surface area contributed by atoms with E-state index in [0.717, 1.165) is 44.1 Å². The topological polar surface area (TPSA) is 57.4 Å². The van der Waals surface area contributed by atoms with Gasteiger partial charge in [0.2, 0.25) is 0 Å². The summed E-state index contributed by atoms with van der Waals surface area (Å²) in [7, 11) is 5.93. The van der Waals surface area contributed by atoms with Gasteiger partial charge in [-0.25, -0.2) is 9.97 Å². The Hall–Kier alpha value is -1.92. The second kappa shape index (κ2) is 7.32. The number of aromatic nitrogens is 3. The molecule has 0 amide bonds. The van der Waals surface area contributed by atoms with E-state index in [9.17, 15) is 5.11 Å². The summed E-state index contributed by atoms with van der Waals surface area (Å²) in [5, 5.41) is 10.6. The van der Waals surface area contributed by atoms with Gasteiger partial charge < -0.3 is 14.6 Å². The molecular weight excluding hydrogens is 302 g/mol. The number of rotatable bonds is 5. The average Bonchev–Trinajstić information content (AvgIpc) is 3.01. The van der Waals surface area contributed by atoms with Crippen molar-refractivity contribution in [1.29, 1.82) is 0 Å². The van der Waals surface area contributed by atoms with E-state index in [0.29, 0.717) is 0 Å². The van der Waals surface area contributed by atoms with Crippen molar-refractivity contribution >= 4 is 5.82 Å². The molecule has 0 saturated carbocycles. The summed E-state index contributed by atoms with van der Waals surface area (Å²) in [4.78, 5) is 13.2. The molecule has 3 rings (SSSR count). The van der Waals surface area contributed by atoms with Gasteiger partial charge in [-0.1, -0.05) is 6.07 Å². The molecule has 0 bridgehead atoms. The predicted octanol–water partition coefficient (Wildman–Crippen LogP) is 1.83. The lowest BCUT2D eigenvalue weighted by Gasteiger charge is -2.34. The maximum absolute atomic E-state index is 10.6. The van der Waals surface area contributed by atoms with Crippen LogP contribution in [0.2, 0.25) is 0 Å². The van der Waals surface area contributed by atoms with Gasteiger partial charge in [-0.2, -0.15) is 0 Å². The molecule has 0 spiro atoms. The van der Waals surface area contributed by atoms with Gasteiger partial charge in [-0.3, -0.25) is 4.90 Å². The van der Waals surface area contributed by atoms with Crippen LogP contribution in [0.15, 0.2) is 30.7 Å². The number of likely N-dealkylation sites (tertiary alicyclic amines) is 1. The van der Waals surface area contributed by atoms with Crippen LogP contribution in [0.5, 0.6) is 0 Å². The molecule has 24 heavy (non-hydrogen) atoms. The Morgan fingerprint density at radius 3 is 2.54 bits per heavy atom. The fourth-order valence-electron chi connectivity index (χ4n) is 3.33. The summed E-state index contributed by atoms with van der Waals surface area (Å²) in [6, 6.07) is 4.21. The Morgan fingerprint density at radius 2 is 2.00 bits per heavy atom. The lowest BCUT2D eigenvalue weighted by Crippen LogP contribution is -2.35. The largest absolute Gasteiger partial charge is 0.385 e. The maximum Gasteiger partial charge on any atom is 0.137 e. The zero-order valence-electron chi connectivity index (χ0n) is 14.8. The highest BCUT2D eigenvalue weighted by Crippen LogP contribution is 2.30. The third-order valence-corrected chi connectivity index (χ3v) is 4.88. The highest BCUT2D eigenvalue weighted by atomic mass is 16.3. The van der Waals surface area contributed by atoms with Crippen molar-refractivity contribution < 1.29 is 5.11 Å². The fourth-order valence-corrected chi connectivity index (χ4v) is 3.33. The normalized spacial score (nSPS) is 17.8. The molecular formula is C18H27N5O. The van der Waals surface area contributed by atoms with Crippen molar-refractivity contribution in [3.8, 4) is 0 Å². The van der Waals surface area contributed by atoms with E-state index in [2.05, 4.69) is 27.0 Å². The first kappa shape index (κ1) is 16.9. The number of imidazole rings is 1. The Labute approximate surface area is 143 Å². The van der Waals surface area contributed by atoms with E-state index >= 15 is 0 Å². The molecule has 3 heterocycles. The van der Waals surface area contributed by atoms with E-state index in [-0.39, 0.29) is 5.92 Å². The average molecular weight is 329 g/mol. The van der Waals surface area contributed by atoms with Crippen LogP contribution in [-0.2, 0) is 13.6 Å². The molecule has 0 radical (unpaired) electrons. The number of pyridine rings is 1. The van der Waals surface area contributed by atoms with Crippen molar-refractivity contribution in [2.75, 3.05) is 32.1 Å². The molecule has 6 heteroatoms. The van der Waals surface area contributed by atoms with Crippen LogP contribution >= 0.6 is 0 Å². The fraction of sp³-hybridized carbons (Fsp3) is 0.556. The van der Waals surface area contributed by atoms with Crippen LogP contribution in [-0.4, -0.2) is 51.7 Å². The number of aliphatic hydroxyl groups is 1. The van der Waals surface area contributed by atoms with Crippen LogP contribution < -0.4 is 4.90 Å². The number of anilines is 1. The quantitative estimate of drug-likeness (QED) is 0.907. The molecule has 0 aliphatic carbocycles. The maximum atomic E-state index is 10.6. The van der Waals surface area contributed by atoms with Crippen LogP contribution in [0.4, 0.5) is 5.82 Å². The highest BCUT2D eigenvalue weighted by Gasteiger charge is 2.28. The van der Waals surface area contributed by atoms with E-state index in [1.165, 1.54) is 5.56 Å². The van der Waals surface area contributed by atoms with Crippen molar-refractivity contribution in [3.63, 3.8) is 0 Å². The number of nitrogens with zero attached hydrogens (tertiary/aromatic N) is 5. The second-order valence-electron chi connectivity index (χ2n) is 6.87. The standard InChI is InChI=1S/C18H27N5O/c1-21(2)16-5-4-14(12-20-16)13-23-9-6-15(7-10-23)17(24)18-19-8-11-22(18)3/h4-5,8,11-12,15,17,24H,6-7,9-10,13H2,1-3H3. The van der Waals surface area contributed by atoms with Gasteiger partial charge in [0.25, 0.3) is 0 Å². The number of aryl methyl sites for hydroxylation is 1. The van der Waals surface area contributed by atoms with Gasteiger partial charge in [0.1, 0.15) is 17.7 Å². The van der Waals surface area contributed by atoms with E-state index < -0.39 is 6.10 Å². The van der Waals surface area contributed by atoms with Crippen LogP contribution in [0.25, 0.3) is 0 Å². The first-order valence-electron chi connectivity index (χ1n) is 8.54. The Bertz CT molecular complexity index is 644. The van der Waals surface area contributed by atoms with Gasteiger partial charge >= 0.3 is 0 Å². The van der Waals surface area contributed by atoms with Crippen molar-refractivity contribution in [1.82, 2.24) is 19.4 Å². The summed E-state index contributed by atoms with van der Waals surface area (Å²) in [5.41, 5.74) is 1.24. The molecule has 1 saturated heterocycles. The number of hydrogen-bond donors (Lipinski definition) is 1. The van der Waals surface area contributed by atoms with Gasteiger partial charge in [-0.05, 0) is 43.5 Å². The highest BCUT2D eigenvalue weighted by molar-refractivity contribution is 5.37. The minimum Gasteiger partial charge on any atom is -0.385 e. The lowest BCUT2D eigenvalue weighted by atomic mass is 9.90. The molecule has 0 aromatic carbocycles. The first-order valence-corrected chi connectivity index (χ1v) is 8.54. The zero-order chi connectivity index (χ0) is 17.1. The van der Waals surface area contributed by atoms with Crippen molar-refractivity contribution in [3.05, 3.63) is 42.1 Å². The number of hydrogen-bond acceptors (Lipinski definition) is 5. The van der Waals surface area contributed by atoms with Gasteiger partial charge in [0, 0.05) is 46.3 Å². The molecule has 1 fully saturated rings. The van der Waals surface area contributed by atoms with Gasteiger partial charge in [-0.15, -0.1) is 0 Å². The summed E-state index contributed by atoms with van der Waals surface area (Å²) in [6.45, 7) is 2.93. The van der Waals surface area contributed by atoms with E-state index in [1.54, 1.807) is 6.20 Å².